The second kappa shape index (κ2) is 6.58. The van der Waals surface area contributed by atoms with Crippen LogP contribution in [0.1, 0.15) is 41.3 Å². The Balaban J connectivity index is 2.26. The first-order chi connectivity index (χ1) is 9.63. The molecule has 1 aliphatic heterocycles. The highest BCUT2D eigenvalue weighted by molar-refractivity contribution is 5.96. The minimum Gasteiger partial charge on any atom is -0.338 e. The van der Waals surface area contributed by atoms with Gasteiger partial charge < -0.3 is 10.6 Å². The Morgan fingerprint density at radius 2 is 2.30 bits per heavy atom. The summed E-state index contributed by atoms with van der Waals surface area (Å²) in [5.41, 5.74) is 8.02. The van der Waals surface area contributed by atoms with Gasteiger partial charge in [-0.15, -0.1) is 0 Å². The number of hydrogen-bond acceptors (Lipinski definition) is 2. The maximum Gasteiger partial charge on any atom is 0.254 e. The molecule has 3 heteroatoms. The van der Waals surface area contributed by atoms with Gasteiger partial charge in [-0.3, -0.25) is 4.79 Å². The van der Waals surface area contributed by atoms with Crippen LogP contribution in [0, 0.1) is 24.7 Å². The molecule has 0 bridgehead atoms. The van der Waals surface area contributed by atoms with Crippen molar-refractivity contribution in [1.29, 1.82) is 0 Å². The van der Waals surface area contributed by atoms with Crippen LogP contribution < -0.4 is 5.73 Å². The number of amides is 1. The molecule has 1 saturated heterocycles. The minimum atomic E-state index is 0.130. The van der Waals surface area contributed by atoms with Crippen molar-refractivity contribution >= 4 is 5.91 Å². The van der Waals surface area contributed by atoms with E-state index in [1.807, 2.05) is 30.0 Å². The van der Waals surface area contributed by atoms with Gasteiger partial charge in [-0.25, -0.2) is 0 Å². The predicted octanol–water partition coefficient (Wildman–Crippen LogP) is 2.18. The topological polar surface area (TPSA) is 46.3 Å². The van der Waals surface area contributed by atoms with Crippen LogP contribution in [0.2, 0.25) is 0 Å². The molecule has 1 atom stereocenters. The van der Waals surface area contributed by atoms with E-state index < -0.39 is 0 Å². The van der Waals surface area contributed by atoms with Gasteiger partial charge in [-0.2, -0.15) is 0 Å². The van der Waals surface area contributed by atoms with E-state index in [2.05, 4.69) is 18.8 Å². The van der Waals surface area contributed by atoms with Crippen LogP contribution in [0.15, 0.2) is 18.2 Å². The van der Waals surface area contributed by atoms with Crippen LogP contribution >= 0.6 is 0 Å². The quantitative estimate of drug-likeness (QED) is 0.795. The molecule has 0 spiro atoms. The number of likely N-dealkylation sites (tertiary alicyclic amines) is 1. The molecule has 2 rings (SSSR count). The van der Waals surface area contributed by atoms with Crippen LogP contribution in [0.3, 0.4) is 0 Å². The van der Waals surface area contributed by atoms with E-state index in [1.165, 1.54) is 6.42 Å². The standard InChI is InChI=1S/C17H22N2O/c1-13-6-5-11-19(12-13)17(20)16-9-3-7-15(14(16)2)8-4-10-18/h3,7,9,13H,5-6,10-12,18H2,1-2H3. The van der Waals surface area contributed by atoms with Crippen LogP contribution in [0.4, 0.5) is 0 Å². The molecule has 3 nitrogen and oxygen atoms in total. The summed E-state index contributed by atoms with van der Waals surface area (Å²) in [6, 6.07) is 5.73. The van der Waals surface area contributed by atoms with Crippen LogP contribution in [-0.4, -0.2) is 30.4 Å². The van der Waals surface area contributed by atoms with E-state index >= 15 is 0 Å². The number of nitrogens with zero attached hydrogens (tertiary/aromatic N) is 1. The Morgan fingerprint density at radius 3 is 3.00 bits per heavy atom. The van der Waals surface area contributed by atoms with Crippen LogP contribution in [0.25, 0.3) is 0 Å². The first kappa shape index (κ1) is 14.6. The number of rotatable bonds is 1. The van der Waals surface area contributed by atoms with E-state index in [0.717, 1.165) is 36.2 Å². The SMILES string of the molecule is Cc1c(C#CCN)cccc1C(=O)N1CCCC(C)C1. The highest BCUT2D eigenvalue weighted by Gasteiger charge is 2.23. The molecular formula is C17H22N2O. The molecule has 1 unspecified atom stereocenters. The number of hydrogen-bond donors (Lipinski definition) is 1. The molecule has 1 aromatic carbocycles. The lowest BCUT2D eigenvalue weighted by Crippen LogP contribution is -2.39. The van der Waals surface area contributed by atoms with Gasteiger partial charge >= 0.3 is 0 Å². The van der Waals surface area contributed by atoms with Gasteiger partial charge in [-0.05, 0) is 43.4 Å². The summed E-state index contributed by atoms with van der Waals surface area (Å²) in [6.07, 6.45) is 2.31. The Labute approximate surface area is 121 Å². The molecule has 0 aliphatic carbocycles. The molecule has 0 aromatic heterocycles. The van der Waals surface area contributed by atoms with Crippen molar-refractivity contribution in [1.82, 2.24) is 4.90 Å². The molecule has 2 N–H and O–H groups in total. The fraction of sp³-hybridized carbons (Fsp3) is 0.471. The lowest BCUT2D eigenvalue weighted by Gasteiger charge is -2.31. The van der Waals surface area contributed by atoms with Gasteiger partial charge in [0, 0.05) is 24.2 Å². The van der Waals surface area contributed by atoms with Gasteiger partial charge in [0.25, 0.3) is 5.91 Å². The highest BCUT2D eigenvalue weighted by atomic mass is 16.2. The van der Waals surface area contributed by atoms with Gasteiger partial charge in [0.15, 0.2) is 0 Å². The van der Waals surface area contributed by atoms with Gasteiger partial charge in [-0.1, -0.05) is 24.8 Å². The lowest BCUT2D eigenvalue weighted by atomic mass is 9.97. The maximum absolute atomic E-state index is 12.6. The number of carbonyl (C=O) groups excluding carboxylic acids is 1. The molecule has 1 heterocycles. The normalized spacial score (nSPS) is 18.4. The molecule has 1 fully saturated rings. The van der Waals surface area contributed by atoms with Crippen molar-refractivity contribution in [2.24, 2.45) is 11.7 Å². The van der Waals surface area contributed by atoms with Gasteiger partial charge in [0.2, 0.25) is 0 Å². The Bertz CT molecular complexity index is 554. The Morgan fingerprint density at radius 1 is 1.50 bits per heavy atom. The summed E-state index contributed by atoms with van der Waals surface area (Å²) in [5.74, 6) is 6.61. The molecule has 106 valence electrons. The van der Waals surface area contributed by atoms with E-state index in [0.29, 0.717) is 12.5 Å². The molecule has 20 heavy (non-hydrogen) atoms. The third-order valence-electron chi connectivity index (χ3n) is 3.83. The molecule has 1 aliphatic rings. The largest absolute Gasteiger partial charge is 0.338 e. The van der Waals surface area contributed by atoms with Crippen molar-refractivity contribution < 1.29 is 4.79 Å². The number of piperidine rings is 1. The van der Waals surface area contributed by atoms with Crippen molar-refractivity contribution in [3.8, 4) is 11.8 Å². The second-order valence-electron chi connectivity index (χ2n) is 5.48. The highest BCUT2D eigenvalue weighted by Crippen LogP contribution is 2.20. The van der Waals surface area contributed by atoms with Crippen molar-refractivity contribution in [2.45, 2.75) is 26.7 Å². The summed E-state index contributed by atoms with van der Waals surface area (Å²) in [4.78, 5) is 14.6. The summed E-state index contributed by atoms with van der Waals surface area (Å²) < 4.78 is 0. The van der Waals surface area contributed by atoms with E-state index in [4.69, 9.17) is 5.73 Å². The molecular weight excluding hydrogens is 248 g/mol. The molecule has 0 saturated carbocycles. The van der Waals surface area contributed by atoms with Gasteiger partial charge in [0.1, 0.15) is 0 Å². The summed E-state index contributed by atoms with van der Waals surface area (Å²) >= 11 is 0. The monoisotopic (exact) mass is 270 g/mol. The number of carbonyl (C=O) groups is 1. The average Bonchev–Trinajstić information content (AvgIpc) is 2.45. The van der Waals surface area contributed by atoms with Crippen LogP contribution in [0.5, 0.6) is 0 Å². The maximum atomic E-state index is 12.6. The fourth-order valence-electron chi connectivity index (χ4n) is 2.69. The first-order valence-corrected chi connectivity index (χ1v) is 7.21. The molecule has 1 aromatic rings. The van der Waals surface area contributed by atoms with Crippen molar-refractivity contribution in [2.75, 3.05) is 19.6 Å². The van der Waals surface area contributed by atoms with E-state index in [-0.39, 0.29) is 5.91 Å². The third-order valence-corrected chi connectivity index (χ3v) is 3.83. The Kier molecular flexibility index (Phi) is 4.81. The second-order valence-corrected chi connectivity index (χ2v) is 5.48. The lowest BCUT2D eigenvalue weighted by molar-refractivity contribution is 0.0682. The zero-order valence-corrected chi connectivity index (χ0v) is 12.3. The fourth-order valence-corrected chi connectivity index (χ4v) is 2.69. The summed E-state index contributed by atoms with van der Waals surface area (Å²) in [7, 11) is 0. The average molecular weight is 270 g/mol. The predicted molar refractivity (Wildman–Crippen MR) is 81.4 cm³/mol. The van der Waals surface area contributed by atoms with Crippen LogP contribution in [-0.2, 0) is 0 Å². The minimum absolute atomic E-state index is 0.130. The Hall–Kier alpha value is -1.79. The first-order valence-electron chi connectivity index (χ1n) is 7.21. The van der Waals surface area contributed by atoms with Crippen molar-refractivity contribution in [3.63, 3.8) is 0 Å². The molecule has 0 radical (unpaired) electrons. The summed E-state index contributed by atoms with van der Waals surface area (Å²) in [5, 5.41) is 0. The smallest absolute Gasteiger partial charge is 0.254 e. The zero-order valence-electron chi connectivity index (χ0n) is 12.3. The van der Waals surface area contributed by atoms with E-state index in [9.17, 15) is 4.79 Å². The zero-order chi connectivity index (χ0) is 14.5. The molecule has 1 amide bonds. The summed E-state index contributed by atoms with van der Waals surface area (Å²) in [6.45, 7) is 6.22. The third kappa shape index (κ3) is 3.20. The number of nitrogens with two attached hydrogens (primary N) is 1. The van der Waals surface area contributed by atoms with Gasteiger partial charge in [0.05, 0.1) is 6.54 Å². The number of benzene rings is 1. The van der Waals surface area contributed by atoms with Crippen molar-refractivity contribution in [3.05, 3.63) is 34.9 Å². The van der Waals surface area contributed by atoms with E-state index in [1.54, 1.807) is 0 Å².